The van der Waals surface area contributed by atoms with Crippen LogP contribution >= 0.6 is 0 Å². The first-order valence-corrected chi connectivity index (χ1v) is 4.45. The summed E-state index contributed by atoms with van der Waals surface area (Å²) in [6, 6.07) is 0. The minimum absolute atomic E-state index is 0.223. The quantitative estimate of drug-likeness (QED) is 0.734. The summed E-state index contributed by atoms with van der Waals surface area (Å²) in [4.78, 5) is 0. The van der Waals surface area contributed by atoms with Crippen LogP contribution in [0.1, 0.15) is 25.8 Å². The summed E-state index contributed by atoms with van der Waals surface area (Å²) in [5, 5.41) is 13.5. The highest BCUT2D eigenvalue weighted by atomic mass is 16.3. The van der Waals surface area contributed by atoms with Gasteiger partial charge in [0, 0.05) is 19.2 Å². The summed E-state index contributed by atoms with van der Waals surface area (Å²) in [6.07, 6.45) is 5.11. The van der Waals surface area contributed by atoms with Gasteiger partial charge in [-0.2, -0.15) is 5.10 Å². The summed E-state index contributed by atoms with van der Waals surface area (Å²) < 4.78 is 1.87. The van der Waals surface area contributed by atoms with Crippen LogP contribution < -0.4 is 0 Å². The molecule has 1 N–H and O–H groups in total. The highest BCUT2D eigenvalue weighted by Crippen LogP contribution is 2.04. The van der Waals surface area contributed by atoms with E-state index in [-0.39, 0.29) is 6.10 Å². The van der Waals surface area contributed by atoms with Gasteiger partial charge in [-0.15, -0.1) is 0 Å². The van der Waals surface area contributed by atoms with Gasteiger partial charge < -0.3 is 5.11 Å². The number of aliphatic hydroxyl groups is 1. The third kappa shape index (κ3) is 2.34. The minimum atomic E-state index is -0.223. The summed E-state index contributed by atoms with van der Waals surface area (Å²) >= 11 is 0. The zero-order valence-electron chi connectivity index (χ0n) is 7.70. The maximum Gasteiger partial charge on any atom is 0.0579 e. The Morgan fingerprint density at radius 2 is 2.33 bits per heavy atom. The van der Waals surface area contributed by atoms with E-state index in [9.17, 15) is 5.11 Å². The second-order valence-electron chi connectivity index (χ2n) is 2.97. The second kappa shape index (κ2) is 4.26. The van der Waals surface area contributed by atoms with Crippen molar-refractivity contribution in [1.82, 2.24) is 9.78 Å². The van der Waals surface area contributed by atoms with Crippen molar-refractivity contribution in [3.63, 3.8) is 0 Å². The van der Waals surface area contributed by atoms with Gasteiger partial charge in [-0.1, -0.05) is 6.92 Å². The predicted octanol–water partition coefficient (Wildman–Crippen LogP) is 1.22. The Kier molecular flexibility index (Phi) is 3.29. The van der Waals surface area contributed by atoms with E-state index in [1.54, 1.807) is 0 Å². The normalized spacial score (nSPS) is 13.2. The van der Waals surface area contributed by atoms with Gasteiger partial charge in [-0.3, -0.25) is 4.68 Å². The van der Waals surface area contributed by atoms with Crippen LogP contribution in [0.3, 0.4) is 0 Å². The molecule has 0 spiro atoms. The molecule has 1 rings (SSSR count). The number of rotatable bonds is 4. The lowest BCUT2D eigenvalue weighted by Crippen LogP contribution is -2.07. The maximum absolute atomic E-state index is 9.36. The lowest BCUT2D eigenvalue weighted by molar-refractivity contribution is 0.171. The predicted molar refractivity (Wildman–Crippen MR) is 47.9 cm³/mol. The molecule has 0 saturated heterocycles. The molecule has 0 fully saturated rings. The number of nitrogens with zero attached hydrogens (tertiary/aromatic N) is 2. The van der Waals surface area contributed by atoms with Crippen LogP contribution in [0.2, 0.25) is 0 Å². The molecule has 1 atom stereocenters. The Bertz CT molecular complexity index is 232. The number of hydrogen-bond acceptors (Lipinski definition) is 2. The molecular formula is C9H16N2O. The van der Waals surface area contributed by atoms with Crippen molar-refractivity contribution < 1.29 is 5.11 Å². The van der Waals surface area contributed by atoms with E-state index in [2.05, 4.69) is 5.10 Å². The molecule has 0 aliphatic carbocycles. The van der Waals surface area contributed by atoms with Crippen LogP contribution in [0.15, 0.2) is 12.4 Å². The molecule has 1 heterocycles. The van der Waals surface area contributed by atoms with E-state index in [1.165, 1.54) is 0 Å². The third-order valence-electron chi connectivity index (χ3n) is 1.95. The van der Waals surface area contributed by atoms with Crippen LogP contribution in [-0.4, -0.2) is 21.0 Å². The lowest BCUT2D eigenvalue weighted by atomic mass is 10.1. The maximum atomic E-state index is 9.36. The molecule has 0 saturated carbocycles. The summed E-state index contributed by atoms with van der Waals surface area (Å²) in [5.41, 5.74) is 1.12. The van der Waals surface area contributed by atoms with Gasteiger partial charge in [0.05, 0.1) is 12.3 Å². The summed E-state index contributed by atoms with van der Waals surface area (Å²) in [7, 11) is 0. The summed E-state index contributed by atoms with van der Waals surface area (Å²) in [6.45, 7) is 4.92. The van der Waals surface area contributed by atoms with Crippen LogP contribution in [0.4, 0.5) is 0 Å². The molecule has 1 aromatic rings. The van der Waals surface area contributed by atoms with Crippen LogP contribution in [-0.2, 0) is 13.0 Å². The van der Waals surface area contributed by atoms with Crippen LogP contribution in [0.5, 0.6) is 0 Å². The average molecular weight is 168 g/mol. The molecule has 0 bridgehead atoms. The zero-order chi connectivity index (χ0) is 8.97. The standard InChI is InChI=1S/C9H16N2O/c1-3-9(12)5-8-6-10-11(4-2)7-8/h6-7,9,12H,3-5H2,1-2H3. The molecule has 1 aromatic heterocycles. The Balaban J connectivity index is 2.52. The van der Waals surface area contributed by atoms with E-state index >= 15 is 0 Å². The van der Waals surface area contributed by atoms with Gasteiger partial charge in [-0.25, -0.2) is 0 Å². The molecule has 12 heavy (non-hydrogen) atoms. The number of aryl methyl sites for hydroxylation is 1. The molecular weight excluding hydrogens is 152 g/mol. The van der Waals surface area contributed by atoms with Gasteiger partial charge in [0.25, 0.3) is 0 Å². The fourth-order valence-electron chi connectivity index (χ4n) is 1.10. The fourth-order valence-corrected chi connectivity index (χ4v) is 1.10. The van der Waals surface area contributed by atoms with Crippen molar-refractivity contribution in [3.8, 4) is 0 Å². The van der Waals surface area contributed by atoms with Crippen molar-refractivity contribution in [2.75, 3.05) is 0 Å². The minimum Gasteiger partial charge on any atom is -0.393 e. The Morgan fingerprint density at radius 3 is 2.83 bits per heavy atom. The molecule has 0 amide bonds. The molecule has 0 aromatic carbocycles. The van der Waals surface area contributed by atoms with Crippen LogP contribution in [0, 0.1) is 0 Å². The van der Waals surface area contributed by atoms with Crippen LogP contribution in [0.25, 0.3) is 0 Å². The van der Waals surface area contributed by atoms with Gasteiger partial charge in [0.1, 0.15) is 0 Å². The molecule has 1 unspecified atom stereocenters. The molecule has 0 aliphatic heterocycles. The van der Waals surface area contributed by atoms with Gasteiger partial charge >= 0.3 is 0 Å². The van der Waals surface area contributed by atoms with E-state index in [0.29, 0.717) is 0 Å². The van der Waals surface area contributed by atoms with E-state index < -0.39 is 0 Å². The number of aromatic nitrogens is 2. The highest BCUT2D eigenvalue weighted by Gasteiger charge is 2.03. The lowest BCUT2D eigenvalue weighted by Gasteiger charge is -2.03. The van der Waals surface area contributed by atoms with Crippen molar-refractivity contribution >= 4 is 0 Å². The molecule has 0 aliphatic rings. The zero-order valence-corrected chi connectivity index (χ0v) is 7.70. The van der Waals surface area contributed by atoms with Crippen molar-refractivity contribution in [3.05, 3.63) is 18.0 Å². The number of aliphatic hydroxyl groups excluding tert-OH is 1. The van der Waals surface area contributed by atoms with E-state index in [4.69, 9.17) is 0 Å². The number of hydrogen-bond donors (Lipinski definition) is 1. The van der Waals surface area contributed by atoms with E-state index in [1.807, 2.05) is 30.9 Å². The first-order valence-electron chi connectivity index (χ1n) is 4.45. The highest BCUT2D eigenvalue weighted by molar-refractivity contribution is 5.05. The average Bonchev–Trinajstić information content (AvgIpc) is 2.52. The Labute approximate surface area is 73.0 Å². The van der Waals surface area contributed by atoms with Crippen molar-refractivity contribution in [2.24, 2.45) is 0 Å². The molecule has 0 radical (unpaired) electrons. The molecule has 3 heteroatoms. The monoisotopic (exact) mass is 168 g/mol. The first-order chi connectivity index (χ1) is 5.76. The Hall–Kier alpha value is -0.830. The van der Waals surface area contributed by atoms with Gasteiger partial charge in [0.2, 0.25) is 0 Å². The van der Waals surface area contributed by atoms with E-state index in [0.717, 1.165) is 24.9 Å². The van der Waals surface area contributed by atoms with Gasteiger partial charge in [0.15, 0.2) is 0 Å². The third-order valence-corrected chi connectivity index (χ3v) is 1.95. The topological polar surface area (TPSA) is 38.1 Å². The van der Waals surface area contributed by atoms with Crippen molar-refractivity contribution in [2.45, 2.75) is 39.3 Å². The molecule has 68 valence electrons. The molecule has 3 nitrogen and oxygen atoms in total. The first kappa shape index (κ1) is 9.26. The fraction of sp³-hybridized carbons (Fsp3) is 0.667. The van der Waals surface area contributed by atoms with Gasteiger partial charge in [-0.05, 0) is 18.9 Å². The summed E-state index contributed by atoms with van der Waals surface area (Å²) in [5.74, 6) is 0. The largest absolute Gasteiger partial charge is 0.393 e. The second-order valence-corrected chi connectivity index (χ2v) is 2.97. The van der Waals surface area contributed by atoms with Crippen molar-refractivity contribution in [1.29, 1.82) is 0 Å². The Morgan fingerprint density at radius 1 is 1.58 bits per heavy atom. The smallest absolute Gasteiger partial charge is 0.0579 e. The SMILES string of the molecule is CCC(O)Cc1cnn(CC)c1.